The third kappa shape index (κ3) is 25.2. The molecule has 0 heterocycles. The molecule has 0 aliphatic carbocycles. The monoisotopic (exact) mass is 455 g/mol. The Hall–Kier alpha value is -0.910. The molecule has 1 aromatic carbocycles. The number of benzene rings is 1. The van der Waals surface area contributed by atoms with E-state index in [9.17, 15) is 13.0 Å². The molecule has 182 valence electrons. The van der Waals surface area contributed by atoms with Gasteiger partial charge in [-0.05, 0) is 18.4 Å². The molecular weight excluding hydrogens is 406 g/mol. The molecule has 0 aromatic heterocycles. The number of unbranched alkanes of at least 4 members (excludes halogenated alkanes) is 13. The SMILES string of the molecule is CCCCCCCCCCCCCCCC[N+](C)(C)C.O=S(=O)([O-])Cc1ccccc1. The number of quaternary nitrogens is 1. The Labute approximate surface area is 193 Å². The molecule has 5 heteroatoms. The Balaban J connectivity index is 0.000000683. The first-order valence-corrected chi connectivity index (χ1v) is 14.0. The summed E-state index contributed by atoms with van der Waals surface area (Å²) in [5, 5.41) is 0. The van der Waals surface area contributed by atoms with Crippen LogP contribution < -0.4 is 0 Å². The molecule has 0 aliphatic heterocycles. The van der Waals surface area contributed by atoms with E-state index in [-0.39, 0.29) is 0 Å². The highest BCUT2D eigenvalue weighted by atomic mass is 32.2. The lowest BCUT2D eigenvalue weighted by Crippen LogP contribution is -2.35. The van der Waals surface area contributed by atoms with Gasteiger partial charge in [0, 0.05) is 0 Å². The van der Waals surface area contributed by atoms with E-state index in [0.29, 0.717) is 5.56 Å². The molecule has 1 aromatic rings. The topological polar surface area (TPSA) is 57.2 Å². The van der Waals surface area contributed by atoms with E-state index in [1.54, 1.807) is 30.3 Å². The molecule has 0 radical (unpaired) electrons. The molecule has 1 rings (SSSR count). The summed E-state index contributed by atoms with van der Waals surface area (Å²) in [6, 6.07) is 8.37. The number of hydrogen-bond acceptors (Lipinski definition) is 3. The number of rotatable bonds is 17. The highest BCUT2D eigenvalue weighted by molar-refractivity contribution is 7.84. The molecule has 0 saturated heterocycles. The van der Waals surface area contributed by atoms with Crippen LogP contribution in [0.3, 0.4) is 0 Å². The molecule has 0 N–H and O–H groups in total. The van der Waals surface area contributed by atoms with E-state index in [0.717, 1.165) is 4.48 Å². The van der Waals surface area contributed by atoms with Gasteiger partial charge in [-0.3, -0.25) is 0 Å². The maximum Gasteiger partial charge on any atom is 0.0988 e. The summed E-state index contributed by atoms with van der Waals surface area (Å²) in [5.41, 5.74) is 0.530. The minimum Gasteiger partial charge on any atom is -0.748 e. The standard InChI is InChI=1S/C19H42N.C7H8O3S/c1-5-6-7-8-9-10-11-12-13-14-15-16-17-18-19-20(2,3)4;8-11(9,10)6-7-4-2-1-3-5-7/h5-19H2,1-4H3;1-5H,6H2,(H,8,9,10)/q+1;/p-1. The van der Waals surface area contributed by atoms with Crippen LogP contribution in [0.15, 0.2) is 30.3 Å². The summed E-state index contributed by atoms with van der Waals surface area (Å²) < 4.78 is 31.9. The van der Waals surface area contributed by atoms with Crippen molar-refractivity contribution in [3.8, 4) is 0 Å². The van der Waals surface area contributed by atoms with Gasteiger partial charge in [0.2, 0.25) is 0 Å². The van der Waals surface area contributed by atoms with Crippen LogP contribution in [-0.4, -0.2) is 45.1 Å². The van der Waals surface area contributed by atoms with Gasteiger partial charge in [0.05, 0.1) is 43.6 Å². The summed E-state index contributed by atoms with van der Waals surface area (Å²) in [6.45, 7) is 3.63. The van der Waals surface area contributed by atoms with Crippen molar-refractivity contribution in [2.45, 2.75) is 103 Å². The first-order valence-electron chi connectivity index (χ1n) is 12.4. The van der Waals surface area contributed by atoms with Gasteiger partial charge < -0.3 is 9.04 Å². The molecule has 0 spiro atoms. The predicted molar refractivity (Wildman–Crippen MR) is 133 cm³/mol. The average molecular weight is 456 g/mol. The molecule has 4 nitrogen and oxygen atoms in total. The van der Waals surface area contributed by atoms with E-state index in [1.165, 1.54) is 96.4 Å². The second-order valence-electron chi connectivity index (χ2n) is 9.80. The van der Waals surface area contributed by atoms with Crippen molar-refractivity contribution in [2.24, 2.45) is 0 Å². The largest absolute Gasteiger partial charge is 0.748 e. The zero-order chi connectivity index (χ0) is 23.4. The fourth-order valence-electron chi connectivity index (χ4n) is 3.56. The third-order valence-corrected chi connectivity index (χ3v) is 6.06. The van der Waals surface area contributed by atoms with Crippen molar-refractivity contribution >= 4 is 10.1 Å². The van der Waals surface area contributed by atoms with Crippen molar-refractivity contribution in [2.75, 3.05) is 27.7 Å². The van der Waals surface area contributed by atoms with Crippen molar-refractivity contribution in [1.29, 1.82) is 0 Å². The summed E-state index contributed by atoms with van der Waals surface area (Å²) in [6.07, 6.45) is 20.4. The molecular formula is C26H49NO3S. The number of hydrogen-bond donors (Lipinski definition) is 0. The minimum absolute atomic E-state index is 0.423. The van der Waals surface area contributed by atoms with Gasteiger partial charge in [0.15, 0.2) is 0 Å². The van der Waals surface area contributed by atoms with Crippen LogP contribution in [-0.2, 0) is 15.9 Å². The minimum atomic E-state index is -4.13. The molecule has 0 aliphatic rings. The van der Waals surface area contributed by atoms with Crippen molar-refractivity contribution < 1.29 is 17.5 Å². The third-order valence-electron chi connectivity index (χ3n) is 5.37. The van der Waals surface area contributed by atoms with Crippen LogP contribution in [0.4, 0.5) is 0 Å². The van der Waals surface area contributed by atoms with E-state index in [4.69, 9.17) is 0 Å². The van der Waals surface area contributed by atoms with E-state index in [2.05, 4.69) is 28.1 Å². The highest BCUT2D eigenvalue weighted by Gasteiger charge is 2.04. The zero-order valence-corrected chi connectivity index (χ0v) is 21.6. The van der Waals surface area contributed by atoms with Crippen molar-refractivity contribution in [1.82, 2.24) is 0 Å². The maximum atomic E-state index is 10.2. The Bertz CT molecular complexity index is 609. The van der Waals surface area contributed by atoms with Crippen molar-refractivity contribution in [3.63, 3.8) is 0 Å². The van der Waals surface area contributed by atoms with Crippen LogP contribution in [0.2, 0.25) is 0 Å². The zero-order valence-electron chi connectivity index (χ0n) is 20.8. The lowest BCUT2D eigenvalue weighted by atomic mass is 10.0. The molecule has 0 atom stereocenters. The summed E-state index contributed by atoms with van der Waals surface area (Å²) in [5.74, 6) is -0.423. The Morgan fingerprint density at radius 1 is 0.677 bits per heavy atom. The smallest absolute Gasteiger partial charge is 0.0988 e. The molecule has 0 amide bonds. The lowest BCUT2D eigenvalue weighted by Gasteiger charge is -2.23. The Morgan fingerprint density at radius 2 is 1.06 bits per heavy atom. The Morgan fingerprint density at radius 3 is 1.42 bits per heavy atom. The lowest BCUT2D eigenvalue weighted by molar-refractivity contribution is -0.870. The molecule has 0 bridgehead atoms. The second-order valence-corrected chi connectivity index (χ2v) is 11.2. The van der Waals surface area contributed by atoms with E-state index in [1.807, 2.05) is 0 Å². The number of nitrogens with zero attached hydrogens (tertiary/aromatic N) is 1. The summed E-state index contributed by atoms with van der Waals surface area (Å²) in [4.78, 5) is 0. The normalized spacial score (nSPS) is 11.8. The Kier molecular flexibility index (Phi) is 18.1. The molecule has 0 unspecified atom stereocenters. The fourth-order valence-corrected chi connectivity index (χ4v) is 4.16. The van der Waals surface area contributed by atoms with Crippen LogP contribution in [0, 0.1) is 0 Å². The predicted octanol–water partition coefficient (Wildman–Crippen LogP) is 6.91. The molecule has 0 fully saturated rings. The average Bonchev–Trinajstić information content (AvgIpc) is 2.67. The van der Waals surface area contributed by atoms with Gasteiger partial charge in [-0.15, -0.1) is 0 Å². The van der Waals surface area contributed by atoms with Gasteiger partial charge in [-0.2, -0.15) is 0 Å². The summed E-state index contributed by atoms with van der Waals surface area (Å²) >= 11 is 0. The molecule has 0 saturated carbocycles. The van der Waals surface area contributed by atoms with Crippen LogP contribution >= 0.6 is 0 Å². The van der Waals surface area contributed by atoms with Gasteiger partial charge in [-0.25, -0.2) is 8.42 Å². The maximum absolute atomic E-state index is 10.2. The fraction of sp³-hybridized carbons (Fsp3) is 0.769. The quantitative estimate of drug-likeness (QED) is 0.146. The van der Waals surface area contributed by atoms with Crippen LogP contribution in [0.1, 0.15) is 102 Å². The van der Waals surface area contributed by atoms with Gasteiger partial charge in [0.1, 0.15) is 0 Å². The summed E-state index contributed by atoms with van der Waals surface area (Å²) in [7, 11) is 2.75. The van der Waals surface area contributed by atoms with Gasteiger partial charge >= 0.3 is 0 Å². The van der Waals surface area contributed by atoms with E-state index < -0.39 is 15.9 Å². The molecule has 31 heavy (non-hydrogen) atoms. The van der Waals surface area contributed by atoms with Gasteiger partial charge in [0.25, 0.3) is 0 Å². The highest BCUT2D eigenvalue weighted by Crippen LogP contribution is 2.13. The van der Waals surface area contributed by atoms with Gasteiger partial charge in [-0.1, -0.05) is 114 Å². The first kappa shape index (κ1) is 30.1. The van der Waals surface area contributed by atoms with Crippen LogP contribution in [0.25, 0.3) is 0 Å². The van der Waals surface area contributed by atoms with Crippen LogP contribution in [0.5, 0.6) is 0 Å². The van der Waals surface area contributed by atoms with Crippen molar-refractivity contribution in [3.05, 3.63) is 35.9 Å². The van der Waals surface area contributed by atoms with E-state index >= 15 is 0 Å². The second kappa shape index (κ2) is 18.6. The first-order chi connectivity index (χ1) is 14.6.